The molecule has 1 aliphatic rings. The van der Waals surface area contributed by atoms with Crippen LogP contribution in [0.1, 0.15) is 30.3 Å². The van der Waals surface area contributed by atoms with E-state index < -0.39 is 6.04 Å². The lowest BCUT2D eigenvalue weighted by atomic mass is 10.0. The molecule has 0 aliphatic carbocycles. The lowest BCUT2D eigenvalue weighted by molar-refractivity contribution is -0.121. The number of rotatable bonds is 5. The summed E-state index contributed by atoms with van der Waals surface area (Å²) in [6.45, 7) is 3.27. The number of amides is 2. The summed E-state index contributed by atoms with van der Waals surface area (Å²) in [5.41, 5.74) is 0.259. The average molecular weight is 379 g/mol. The zero-order valence-electron chi connectivity index (χ0n) is 15.5. The Morgan fingerprint density at radius 3 is 2.96 bits per heavy atom. The van der Waals surface area contributed by atoms with Crippen molar-refractivity contribution < 1.29 is 9.59 Å². The van der Waals surface area contributed by atoms with Crippen LogP contribution in [0.25, 0.3) is 5.82 Å². The maximum absolute atomic E-state index is 12.9. The number of aryl methyl sites for hydroxylation is 1. The summed E-state index contributed by atoms with van der Waals surface area (Å²) in [5.74, 6) is 0.854. The number of hydrogen-bond donors (Lipinski definition) is 1. The summed E-state index contributed by atoms with van der Waals surface area (Å²) in [6.07, 6.45) is 8.09. The van der Waals surface area contributed by atoms with Crippen LogP contribution in [0.3, 0.4) is 0 Å². The van der Waals surface area contributed by atoms with Crippen LogP contribution in [0.5, 0.6) is 0 Å². The van der Waals surface area contributed by atoms with Gasteiger partial charge in [-0.1, -0.05) is 6.07 Å². The molecule has 28 heavy (non-hydrogen) atoms. The van der Waals surface area contributed by atoms with E-state index in [-0.39, 0.29) is 17.5 Å². The Morgan fingerprint density at radius 2 is 2.18 bits per heavy atom. The van der Waals surface area contributed by atoms with Crippen molar-refractivity contribution in [1.29, 1.82) is 0 Å². The Balaban J connectivity index is 1.50. The third-order valence-electron chi connectivity index (χ3n) is 4.75. The molecule has 1 saturated heterocycles. The summed E-state index contributed by atoms with van der Waals surface area (Å²) >= 11 is 0. The molecule has 0 bridgehead atoms. The minimum absolute atomic E-state index is 0.124. The van der Waals surface area contributed by atoms with E-state index in [2.05, 4.69) is 20.4 Å². The molecule has 1 atom stereocenters. The van der Waals surface area contributed by atoms with Gasteiger partial charge in [-0.25, -0.2) is 14.6 Å². The number of anilines is 1. The van der Waals surface area contributed by atoms with Gasteiger partial charge in [0, 0.05) is 31.5 Å². The molecular weight excluding hydrogens is 358 g/mol. The minimum atomic E-state index is -0.583. The molecule has 0 spiro atoms. The van der Waals surface area contributed by atoms with Crippen molar-refractivity contribution in [3.63, 3.8) is 0 Å². The first-order valence-corrected chi connectivity index (χ1v) is 9.27. The Kier molecular flexibility index (Phi) is 4.88. The van der Waals surface area contributed by atoms with Crippen LogP contribution < -0.4 is 10.2 Å². The highest BCUT2D eigenvalue weighted by molar-refractivity contribution is 6.01. The highest BCUT2D eigenvalue weighted by Crippen LogP contribution is 2.21. The Labute approximate surface area is 162 Å². The quantitative estimate of drug-likeness (QED) is 0.723. The highest BCUT2D eigenvalue weighted by atomic mass is 16.2. The van der Waals surface area contributed by atoms with Crippen LogP contribution >= 0.6 is 0 Å². The maximum atomic E-state index is 12.9. The van der Waals surface area contributed by atoms with E-state index in [0.29, 0.717) is 25.3 Å². The second-order valence-corrected chi connectivity index (χ2v) is 6.51. The molecule has 1 unspecified atom stereocenters. The highest BCUT2D eigenvalue weighted by Gasteiger charge is 2.32. The second kappa shape index (κ2) is 7.63. The summed E-state index contributed by atoms with van der Waals surface area (Å²) in [7, 11) is 0. The fraction of sp³-hybridized carbons (Fsp3) is 0.316. The lowest BCUT2D eigenvalue weighted by Crippen LogP contribution is -2.53. The molecule has 4 heterocycles. The first kappa shape index (κ1) is 17.9. The maximum Gasteiger partial charge on any atom is 0.270 e. The molecule has 1 fully saturated rings. The molecule has 2 amide bonds. The van der Waals surface area contributed by atoms with Crippen LogP contribution in [0.4, 0.5) is 5.82 Å². The summed E-state index contributed by atoms with van der Waals surface area (Å²) in [6, 6.07) is 6.42. The molecule has 9 nitrogen and oxygen atoms in total. The van der Waals surface area contributed by atoms with Gasteiger partial charge in [0.25, 0.3) is 11.8 Å². The number of pyridine rings is 1. The van der Waals surface area contributed by atoms with E-state index >= 15 is 0 Å². The van der Waals surface area contributed by atoms with Crippen molar-refractivity contribution in [2.45, 2.75) is 32.4 Å². The predicted octanol–water partition coefficient (Wildman–Crippen LogP) is 1.41. The predicted molar refractivity (Wildman–Crippen MR) is 102 cm³/mol. The van der Waals surface area contributed by atoms with Crippen molar-refractivity contribution in [3.8, 4) is 5.82 Å². The van der Waals surface area contributed by atoms with Gasteiger partial charge in [0.05, 0.1) is 6.20 Å². The molecule has 0 saturated carbocycles. The van der Waals surface area contributed by atoms with Gasteiger partial charge in [0.2, 0.25) is 0 Å². The summed E-state index contributed by atoms with van der Waals surface area (Å²) < 4.78 is 3.49. The van der Waals surface area contributed by atoms with Gasteiger partial charge in [-0.2, -0.15) is 5.10 Å². The largest absolute Gasteiger partial charge is 0.339 e. The number of hydrogen-bond acceptors (Lipinski definition) is 5. The van der Waals surface area contributed by atoms with E-state index in [4.69, 9.17) is 0 Å². The van der Waals surface area contributed by atoms with Crippen LogP contribution in [0.15, 0.2) is 49.2 Å². The molecular formula is C19H21N7O2. The van der Waals surface area contributed by atoms with Crippen molar-refractivity contribution in [2.75, 3.05) is 11.4 Å². The molecule has 0 aromatic carbocycles. The zero-order chi connectivity index (χ0) is 19.5. The van der Waals surface area contributed by atoms with Gasteiger partial charge in [0.15, 0.2) is 0 Å². The normalized spacial score (nSPS) is 17.0. The third-order valence-corrected chi connectivity index (χ3v) is 4.75. The molecule has 1 aliphatic heterocycles. The van der Waals surface area contributed by atoms with Crippen molar-refractivity contribution in [2.24, 2.45) is 0 Å². The van der Waals surface area contributed by atoms with E-state index in [1.54, 1.807) is 57.3 Å². The Hall–Kier alpha value is -3.49. The number of carbonyl (C=O) groups is 2. The fourth-order valence-electron chi connectivity index (χ4n) is 3.36. The molecule has 9 heteroatoms. The monoisotopic (exact) mass is 379 g/mol. The molecule has 4 rings (SSSR count). The number of nitrogens with one attached hydrogen (secondary N) is 1. The van der Waals surface area contributed by atoms with Crippen LogP contribution in [0, 0.1) is 0 Å². The van der Waals surface area contributed by atoms with Gasteiger partial charge in [-0.3, -0.25) is 19.1 Å². The molecule has 0 radical (unpaired) electrons. The number of carbonyl (C=O) groups excluding carboxylic acids is 2. The third kappa shape index (κ3) is 3.38. The average Bonchev–Trinajstić information content (AvgIpc) is 3.41. The smallest absolute Gasteiger partial charge is 0.270 e. The minimum Gasteiger partial charge on any atom is -0.339 e. The van der Waals surface area contributed by atoms with Crippen molar-refractivity contribution in [3.05, 3.63) is 54.9 Å². The lowest BCUT2D eigenvalue weighted by Gasteiger charge is -2.32. The second-order valence-electron chi connectivity index (χ2n) is 6.51. The molecule has 1 N–H and O–H groups in total. The first-order chi connectivity index (χ1) is 13.7. The topological polar surface area (TPSA) is 97.9 Å². The van der Waals surface area contributed by atoms with E-state index in [9.17, 15) is 9.59 Å². The number of nitrogens with zero attached hydrogens (tertiary/aromatic N) is 6. The van der Waals surface area contributed by atoms with E-state index in [0.717, 1.165) is 12.2 Å². The van der Waals surface area contributed by atoms with Gasteiger partial charge < -0.3 is 5.32 Å². The standard InChI is InChI=1S/C19H21N7O2/c1-2-26-17(8-9-21-26)25-11-4-6-15(19(25)28)23-18(27)14-5-3-7-16(22-14)24-12-10-20-13-24/h3,5,7-10,12-13,15H,2,4,6,11H2,1H3,(H,23,27). The number of imidazole rings is 1. The summed E-state index contributed by atoms with van der Waals surface area (Å²) in [4.78, 5) is 35.7. The fourth-order valence-corrected chi connectivity index (χ4v) is 3.36. The summed E-state index contributed by atoms with van der Waals surface area (Å²) in [5, 5.41) is 7.07. The SMILES string of the molecule is CCn1nccc1N1CCCC(NC(=O)c2cccc(-n3ccnc3)n2)C1=O. The van der Waals surface area contributed by atoms with Crippen molar-refractivity contribution >= 4 is 17.6 Å². The molecule has 3 aromatic rings. The molecule has 144 valence electrons. The Bertz CT molecular complexity index is 980. The van der Waals surface area contributed by atoms with Crippen LogP contribution in [-0.4, -0.2) is 48.7 Å². The van der Waals surface area contributed by atoms with Gasteiger partial charge in [-0.05, 0) is 31.9 Å². The van der Waals surface area contributed by atoms with E-state index in [1.165, 1.54) is 0 Å². The van der Waals surface area contributed by atoms with Gasteiger partial charge >= 0.3 is 0 Å². The number of piperidine rings is 1. The van der Waals surface area contributed by atoms with Gasteiger partial charge in [-0.15, -0.1) is 0 Å². The van der Waals surface area contributed by atoms with Crippen molar-refractivity contribution in [1.82, 2.24) is 29.6 Å². The Morgan fingerprint density at radius 1 is 1.29 bits per heavy atom. The molecule has 3 aromatic heterocycles. The first-order valence-electron chi connectivity index (χ1n) is 9.27. The van der Waals surface area contributed by atoms with Crippen LogP contribution in [0.2, 0.25) is 0 Å². The van der Waals surface area contributed by atoms with E-state index in [1.807, 2.05) is 13.0 Å². The van der Waals surface area contributed by atoms with Crippen LogP contribution in [-0.2, 0) is 11.3 Å². The van der Waals surface area contributed by atoms with Gasteiger partial charge in [0.1, 0.15) is 29.7 Å². The number of aromatic nitrogens is 5. The zero-order valence-corrected chi connectivity index (χ0v) is 15.5.